The van der Waals surface area contributed by atoms with Crippen molar-refractivity contribution in [3.63, 3.8) is 0 Å². The molecule has 2 N–H and O–H groups in total. The molecule has 1 amide bonds. The third kappa shape index (κ3) is 5.20. The van der Waals surface area contributed by atoms with E-state index in [2.05, 4.69) is 10.0 Å². The predicted octanol–water partition coefficient (Wildman–Crippen LogP) is 4.17. The van der Waals surface area contributed by atoms with E-state index in [0.717, 1.165) is 11.1 Å². The normalized spacial score (nSPS) is 11.1. The molecule has 0 unspecified atom stereocenters. The molecular weight excluding hydrogens is 391 g/mol. The lowest BCUT2D eigenvalue weighted by Gasteiger charge is -2.13. The smallest absolute Gasteiger partial charge is 0.262 e. The Bertz CT molecular complexity index is 1140. The van der Waals surface area contributed by atoms with E-state index in [-0.39, 0.29) is 22.8 Å². The van der Waals surface area contributed by atoms with Crippen molar-refractivity contribution in [2.75, 3.05) is 4.72 Å². The van der Waals surface area contributed by atoms with Crippen LogP contribution in [0.1, 0.15) is 27.0 Å². The number of carbonyl (C=O) groups excluding carboxylic acids is 1. The number of hydrogen-bond donors (Lipinski definition) is 2. The Hall–Kier alpha value is -3.19. The van der Waals surface area contributed by atoms with Gasteiger partial charge in [-0.05, 0) is 66.9 Å². The minimum absolute atomic E-state index is 0.0356. The van der Waals surface area contributed by atoms with Gasteiger partial charge in [0.15, 0.2) is 0 Å². The van der Waals surface area contributed by atoms with E-state index in [1.807, 2.05) is 13.0 Å². The summed E-state index contributed by atoms with van der Waals surface area (Å²) >= 11 is 0. The fourth-order valence-electron chi connectivity index (χ4n) is 2.84. The van der Waals surface area contributed by atoms with Gasteiger partial charge in [-0.2, -0.15) is 0 Å². The Balaban J connectivity index is 1.79. The minimum atomic E-state index is -3.86. The van der Waals surface area contributed by atoms with Gasteiger partial charge in [0, 0.05) is 17.8 Å². The molecule has 0 heterocycles. The third-order valence-corrected chi connectivity index (χ3v) is 5.90. The van der Waals surface area contributed by atoms with E-state index in [4.69, 9.17) is 0 Å². The number of halogens is 1. The van der Waals surface area contributed by atoms with E-state index in [1.165, 1.54) is 18.2 Å². The fraction of sp³-hybridized carbons (Fsp3) is 0.136. The first kappa shape index (κ1) is 20.5. The molecule has 0 aliphatic heterocycles. The number of hydrogen-bond acceptors (Lipinski definition) is 3. The van der Waals surface area contributed by atoms with Gasteiger partial charge in [0.05, 0.1) is 4.90 Å². The first-order valence-electron chi connectivity index (χ1n) is 8.97. The maximum Gasteiger partial charge on any atom is 0.262 e. The van der Waals surface area contributed by atoms with Crippen LogP contribution in [0, 0.1) is 19.7 Å². The van der Waals surface area contributed by atoms with Gasteiger partial charge in [0.25, 0.3) is 15.9 Å². The summed E-state index contributed by atoms with van der Waals surface area (Å²) in [5.41, 5.74) is 2.87. The molecule has 0 atom stereocenters. The highest BCUT2D eigenvalue weighted by atomic mass is 32.2. The monoisotopic (exact) mass is 412 g/mol. The van der Waals surface area contributed by atoms with Gasteiger partial charge < -0.3 is 5.32 Å². The molecular formula is C22H21FN2O3S. The molecule has 150 valence electrons. The van der Waals surface area contributed by atoms with Crippen molar-refractivity contribution >= 4 is 21.6 Å². The Morgan fingerprint density at radius 3 is 2.38 bits per heavy atom. The molecule has 0 bridgehead atoms. The number of carbonyl (C=O) groups is 1. The predicted molar refractivity (Wildman–Crippen MR) is 111 cm³/mol. The van der Waals surface area contributed by atoms with Gasteiger partial charge in [0.2, 0.25) is 0 Å². The van der Waals surface area contributed by atoms with Crippen molar-refractivity contribution in [3.8, 4) is 0 Å². The number of sulfonamides is 1. The minimum Gasteiger partial charge on any atom is -0.348 e. The van der Waals surface area contributed by atoms with Crippen molar-refractivity contribution in [1.82, 2.24) is 5.32 Å². The molecule has 0 saturated heterocycles. The van der Waals surface area contributed by atoms with Gasteiger partial charge in [-0.25, -0.2) is 12.8 Å². The average molecular weight is 412 g/mol. The number of rotatable bonds is 6. The first-order valence-corrected chi connectivity index (χ1v) is 10.5. The Morgan fingerprint density at radius 1 is 0.966 bits per heavy atom. The number of amides is 1. The number of anilines is 1. The SMILES string of the molecule is Cc1cccc(NS(=O)(=O)c2cc(C(=O)NCc3ccc(F)cc3)ccc2C)c1. The highest BCUT2D eigenvalue weighted by Gasteiger charge is 2.19. The summed E-state index contributed by atoms with van der Waals surface area (Å²) < 4.78 is 41.2. The first-order chi connectivity index (χ1) is 13.7. The van der Waals surface area contributed by atoms with E-state index < -0.39 is 15.9 Å². The third-order valence-electron chi connectivity index (χ3n) is 4.38. The second-order valence-corrected chi connectivity index (χ2v) is 8.42. The Labute approximate surface area is 169 Å². The average Bonchev–Trinajstić information content (AvgIpc) is 2.67. The topological polar surface area (TPSA) is 75.3 Å². The zero-order valence-electron chi connectivity index (χ0n) is 16.1. The molecule has 5 nitrogen and oxygen atoms in total. The van der Waals surface area contributed by atoms with Crippen molar-refractivity contribution < 1.29 is 17.6 Å². The summed E-state index contributed by atoms with van der Waals surface area (Å²) in [5, 5.41) is 2.71. The van der Waals surface area contributed by atoms with Gasteiger partial charge in [0.1, 0.15) is 5.82 Å². The quantitative estimate of drug-likeness (QED) is 0.638. The van der Waals surface area contributed by atoms with Gasteiger partial charge >= 0.3 is 0 Å². The summed E-state index contributed by atoms with van der Waals surface area (Å²) in [6.07, 6.45) is 0. The van der Waals surface area contributed by atoms with Crippen molar-refractivity contribution in [1.29, 1.82) is 0 Å². The van der Waals surface area contributed by atoms with Crippen LogP contribution in [0.5, 0.6) is 0 Å². The van der Waals surface area contributed by atoms with Gasteiger partial charge in [-0.1, -0.05) is 30.3 Å². The standard InChI is InChI=1S/C22H21FN2O3S/c1-15-4-3-5-20(12-15)25-29(27,28)21-13-18(9-6-16(21)2)22(26)24-14-17-7-10-19(23)11-8-17/h3-13,25H,14H2,1-2H3,(H,24,26). The van der Waals surface area contributed by atoms with Crippen LogP contribution < -0.4 is 10.0 Å². The highest BCUT2D eigenvalue weighted by Crippen LogP contribution is 2.21. The van der Waals surface area contributed by atoms with Crippen molar-refractivity contribution in [2.45, 2.75) is 25.3 Å². The molecule has 0 spiro atoms. The Morgan fingerprint density at radius 2 is 1.69 bits per heavy atom. The molecule has 0 radical (unpaired) electrons. The summed E-state index contributed by atoms with van der Waals surface area (Å²) in [7, 11) is -3.86. The molecule has 0 aliphatic carbocycles. The molecule has 3 aromatic carbocycles. The van der Waals surface area contributed by atoms with E-state index in [0.29, 0.717) is 11.3 Å². The van der Waals surface area contributed by atoms with Crippen LogP contribution in [0.4, 0.5) is 10.1 Å². The second-order valence-electron chi connectivity index (χ2n) is 6.76. The van der Waals surface area contributed by atoms with Gasteiger partial charge in [-0.3, -0.25) is 9.52 Å². The summed E-state index contributed by atoms with van der Waals surface area (Å²) in [5.74, 6) is -0.768. The largest absolute Gasteiger partial charge is 0.348 e. The van der Waals surface area contributed by atoms with E-state index in [9.17, 15) is 17.6 Å². The lowest BCUT2D eigenvalue weighted by atomic mass is 10.1. The van der Waals surface area contributed by atoms with Crippen molar-refractivity contribution in [3.05, 3.63) is 94.8 Å². The maximum absolute atomic E-state index is 13.0. The van der Waals surface area contributed by atoms with Crippen LogP contribution in [0.25, 0.3) is 0 Å². The molecule has 3 rings (SSSR count). The summed E-state index contributed by atoms with van der Waals surface area (Å²) in [6.45, 7) is 3.75. The number of aryl methyl sites for hydroxylation is 2. The zero-order valence-corrected chi connectivity index (χ0v) is 16.9. The van der Waals surface area contributed by atoms with Gasteiger partial charge in [-0.15, -0.1) is 0 Å². The van der Waals surface area contributed by atoms with Crippen LogP contribution in [-0.2, 0) is 16.6 Å². The highest BCUT2D eigenvalue weighted by molar-refractivity contribution is 7.92. The van der Waals surface area contributed by atoms with Crippen molar-refractivity contribution in [2.24, 2.45) is 0 Å². The molecule has 0 aliphatic rings. The fourth-order valence-corrected chi connectivity index (χ4v) is 4.16. The molecule has 0 fully saturated rings. The van der Waals surface area contributed by atoms with Crippen LogP contribution in [-0.4, -0.2) is 14.3 Å². The lowest BCUT2D eigenvalue weighted by molar-refractivity contribution is 0.0950. The summed E-state index contributed by atoms with van der Waals surface area (Å²) in [4.78, 5) is 12.5. The number of nitrogens with one attached hydrogen (secondary N) is 2. The zero-order chi connectivity index (χ0) is 21.0. The molecule has 7 heteroatoms. The molecule has 0 saturated carbocycles. The Kier molecular flexibility index (Phi) is 5.98. The second kappa shape index (κ2) is 8.45. The maximum atomic E-state index is 13.0. The van der Waals surface area contributed by atoms with Crippen LogP contribution in [0.15, 0.2) is 71.6 Å². The summed E-state index contributed by atoms with van der Waals surface area (Å²) in [6, 6.07) is 17.3. The van der Waals surface area contributed by atoms with E-state index >= 15 is 0 Å². The number of benzene rings is 3. The molecule has 29 heavy (non-hydrogen) atoms. The van der Waals surface area contributed by atoms with Crippen LogP contribution in [0.2, 0.25) is 0 Å². The molecule has 3 aromatic rings. The van der Waals surface area contributed by atoms with Crippen LogP contribution >= 0.6 is 0 Å². The molecule has 0 aromatic heterocycles. The van der Waals surface area contributed by atoms with E-state index in [1.54, 1.807) is 49.4 Å². The van der Waals surface area contributed by atoms with Crippen LogP contribution in [0.3, 0.4) is 0 Å². The lowest BCUT2D eigenvalue weighted by Crippen LogP contribution is -2.23.